The molecule has 1 aromatic carbocycles. The zero-order valence-electron chi connectivity index (χ0n) is 17.5. The minimum atomic E-state index is 0.0740. The van der Waals surface area contributed by atoms with E-state index in [1.807, 2.05) is 65.9 Å². The summed E-state index contributed by atoms with van der Waals surface area (Å²) in [7, 11) is 3.65. The minimum Gasteiger partial charge on any atom is -0.497 e. The molecule has 1 saturated heterocycles. The predicted octanol–water partition coefficient (Wildman–Crippen LogP) is 3.56. The molecular weight excluding hydrogens is 378 g/mol. The van der Waals surface area contributed by atoms with Gasteiger partial charge in [0.15, 0.2) is 5.65 Å². The van der Waals surface area contributed by atoms with Gasteiger partial charge in [-0.2, -0.15) is 0 Å². The van der Waals surface area contributed by atoms with Crippen LogP contribution in [0.25, 0.3) is 16.6 Å². The van der Waals surface area contributed by atoms with Crippen LogP contribution in [0.4, 0.5) is 0 Å². The van der Waals surface area contributed by atoms with E-state index < -0.39 is 0 Å². The summed E-state index contributed by atoms with van der Waals surface area (Å²) >= 11 is 0. The van der Waals surface area contributed by atoms with Gasteiger partial charge in [0.1, 0.15) is 11.6 Å². The van der Waals surface area contributed by atoms with Gasteiger partial charge in [0, 0.05) is 48.8 Å². The van der Waals surface area contributed by atoms with Crippen molar-refractivity contribution in [1.82, 2.24) is 24.1 Å². The van der Waals surface area contributed by atoms with Gasteiger partial charge in [0.25, 0.3) is 5.91 Å². The Morgan fingerprint density at radius 2 is 2.07 bits per heavy atom. The van der Waals surface area contributed by atoms with E-state index in [1.165, 1.54) is 0 Å². The first-order valence-corrected chi connectivity index (χ1v) is 10.3. The van der Waals surface area contributed by atoms with E-state index in [2.05, 4.69) is 14.8 Å². The summed E-state index contributed by atoms with van der Waals surface area (Å²) in [6.07, 6.45) is 3.94. The van der Waals surface area contributed by atoms with Crippen LogP contribution >= 0.6 is 0 Å². The highest BCUT2D eigenvalue weighted by Crippen LogP contribution is 2.32. The third-order valence-electron chi connectivity index (χ3n) is 6.33. The lowest BCUT2D eigenvalue weighted by atomic mass is 9.96. The second-order valence-electron chi connectivity index (χ2n) is 7.98. The summed E-state index contributed by atoms with van der Waals surface area (Å²) in [6.45, 7) is 3.41. The largest absolute Gasteiger partial charge is 0.497 e. The van der Waals surface area contributed by atoms with E-state index in [1.54, 1.807) is 7.11 Å². The molecule has 1 atom stereocenters. The average Bonchev–Trinajstić information content (AvgIpc) is 3.32. The summed E-state index contributed by atoms with van der Waals surface area (Å²) < 4.78 is 9.52. The van der Waals surface area contributed by atoms with E-state index in [9.17, 15) is 4.79 Å². The van der Waals surface area contributed by atoms with Crippen molar-refractivity contribution in [3.63, 3.8) is 0 Å². The fourth-order valence-electron chi connectivity index (χ4n) is 4.62. The molecule has 0 radical (unpaired) electrons. The second kappa shape index (κ2) is 7.16. The van der Waals surface area contributed by atoms with Gasteiger partial charge < -0.3 is 14.2 Å². The van der Waals surface area contributed by atoms with Crippen LogP contribution in [0.5, 0.6) is 5.75 Å². The zero-order chi connectivity index (χ0) is 20.8. The molecule has 0 N–H and O–H groups in total. The van der Waals surface area contributed by atoms with Crippen molar-refractivity contribution in [2.75, 3.05) is 20.2 Å². The molecule has 0 bridgehead atoms. The Hall–Kier alpha value is -3.35. The molecule has 4 aromatic rings. The maximum Gasteiger partial charge on any atom is 0.256 e. The highest BCUT2D eigenvalue weighted by Gasteiger charge is 2.31. The van der Waals surface area contributed by atoms with E-state index in [-0.39, 0.29) is 11.8 Å². The number of piperidine rings is 1. The van der Waals surface area contributed by atoms with Crippen LogP contribution in [0.3, 0.4) is 0 Å². The molecule has 4 heterocycles. The number of nitrogens with zero attached hydrogens (tertiary/aromatic N) is 5. The first-order chi connectivity index (χ1) is 14.6. The standard InChI is InChI=1S/C23H25N5O2/c1-15-21(18-13-17(30-3)9-10-19(18)26(15)2)23(29)27-11-6-7-16(14-27)22-25-24-20-8-4-5-12-28(20)22/h4-5,8-10,12-13,16H,6-7,11,14H2,1-3H3. The fourth-order valence-corrected chi connectivity index (χ4v) is 4.62. The quantitative estimate of drug-likeness (QED) is 0.525. The van der Waals surface area contributed by atoms with Crippen LogP contribution in [0.2, 0.25) is 0 Å². The number of likely N-dealkylation sites (tertiary alicyclic amines) is 1. The monoisotopic (exact) mass is 403 g/mol. The van der Waals surface area contributed by atoms with Crippen molar-refractivity contribution in [2.45, 2.75) is 25.7 Å². The Balaban J connectivity index is 1.50. The number of hydrogen-bond donors (Lipinski definition) is 0. The Kier molecular flexibility index (Phi) is 4.46. The van der Waals surface area contributed by atoms with Gasteiger partial charge >= 0.3 is 0 Å². The minimum absolute atomic E-state index is 0.0740. The van der Waals surface area contributed by atoms with E-state index in [0.717, 1.165) is 58.8 Å². The molecule has 7 heteroatoms. The molecular formula is C23H25N5O2. The molecule has 154 valence electrons. The van der Waals surface area contributed by atoms with Crippen molar-refractivity contribution in [1.29, 1.82) is 0 Å². The number of amides is 1. The van der Waals surface area contributed by atoms with Gasteiger partial charge in [-0.1, -0.05) is 6.07 Å². The average molecular weight is 403 g/mol. The molecule has 0 saturated carbocycles. The van der Waals surface area contributed by atoms with Crippen LogP contribution in [-0.2, 0) is 7.05 Å². The first-order valence-electron chi connectivity index (χ1n) is 10.3. The van der Waals surface area contributed by atoms with Crippen LogP contribution < -0.4 is 4.74 Å². The molecule has 7 nitrogen and oxygen atoms in total. The van der Waals surface area contributed by atoms with Crippen molar-refractivity contribution in [3.05, 3.63) is 59.7 Å². The van der Waals surface area contributed by atoms with Gasteiger partial charge in [-0.25, -0.2) is 0 Å². The number of carbonyl (C=O) groups excluding carboxylic acids is 1. The number of fused-ring (bicyclic) bond motifs is 2. The molecule has 0 spiro atoms. The highest BCUT2D eigenvalue weighted by molar-refractivity contribution is 6.08. The number of pyridine rings is 1. The smallest absolute Gasteiger partial charge is 0.256 e. The van der Waals surface area contributed by atoms with Crippen molar-refractivity contribution >= 4 is 22.5 Å². The number of carbonyl (C=O) groups is 1. The summed E-state index contributed by atoms with van der Waals surface area (Å²) in [4.78, 5) is 15.6. The number of ether oxygens (including phenoxy) is 1. The van der Waals surface area contributed by atoms with E-state index >= 15 is 0 Å². The molecule has 1 unspecified atom stereocenters. The summed E-state index contributed by atoms with van der Waals surface area (Å²) in [5.74, 6) is 1.93. The van der Waals surface area contributed by atoms with Gasteiger partial charge in [-0.15, -0.1) is 10.2 Å². The number of rotatable bonds is 3. The lowest BCUT2D eigenvalue weighted by molar-refractivity contribution is 0.0705. The van der Waals surface area contributed by atoms with Crippen molar-refractivity contribution in [2.24, 2.45) is 7.05 Å². The normalized spacial score (nSPS) is 17.0. The summed E-state index contributed by atoms with van der Waals surface area (Å²) in [5.41, 5.74) is 3.61. The second-order valence-corrected chi connectivity index (χ2v) is 7.98. The lowest BCUT2D eigenvalue weighted by Gasteiger charge is -2.32. The lowest BCUT2D eigenvalue weighted by Crippen LogP contribution is -2.39. The summed E-state index contributed by atoms with van der Waals surface area (Å²) in [5, 5.41) is 9.67. The van der Waals surface area contributed by atoms with Gasteiger partial charge in [-0.05, 0) is 50.1 Å². The van der Waals surface area contributed by atoms with E-state index in [0.29, 0.717) is 6.54 Å². The van der Waals surface area contributed by atoms with Crippen LogP contribution in [0.1, 0.15) is 40.6 Å². The van der Waals surface area contributed by atoms with Crippen LogP contribution in [0, 0.1) is 6.92 Å². The third kappa shape index (κ3) is 2.84. The van der Waals surface area contributed by atoms with Crippen LogP contribution in [-0.4, -0.2) is 50.2 Å². The molecule has 0 aliphatic carbocycles. The van der Waals surface area contributed by atoms with Crippen LogP contribution in [0.15, 0.2) is 42.6 Å². The number of hydrogen-bond acceptors (Lipinski definition) is 4. The molecule has 1 fully saturated rings. The molecule has 1 aliphatic heterocycles. The molecule has 1 amide bonds. The topological polar surface area (TPSA) is 64.7 Å². The Labute approximate surface area is 174 Å². The van der Waals surface area contributed by atoms with Gasteiger partial charge in [0.2, 0.25) is 0 Å². The Bertz CT molecular complexity index is 1260. The Morgan fingerprint density at radius 3 is 2.90 bits per heavy atom. The number of aromatic nitrogens is 4. The zero-order valence-corrected chi connectivity index (χ0v) is 17.5. The van der Waals surface area contributed by atoms with Gasteiger partial charge in [-0.3, -0.25) is 9.20 Å². The van der Waals surface area contributed by atoms with E-state index in [4.69, 9.17) is 4.74 Å². The Morgan fingerprint density at radius 1 is 1.20 bits per heavy atom. The molecule has 5 rings (SSSR count). The molecule has 1 aliphatic rings. The van der Waals surface area contributed by atoms with Crippen molar-refractivity contribution < 1.29 is 9.53 Å². The number of methoxy groups -OCH3 is 1. The third-order valence-corrected chi connectivity index (χ3v) is 6.33. The number of aryl methyl sites for hydroxylation is 1. The molecule has 30 heavy (non-hydrogen) atoms. The SMILES string of the molecule is COc1ccc2c(c1)c(C(=O)N1CCCC(c3nnc4ccccn34)C1)c(C)n2C. The maximum absolute atomic E-state index is 13.7. The van der Waals surface area contributed by atoms with Crippen molar-refractivity contribution in [3.8, 4) is 5.75 Å². The first kappa shape index (κ1) is 18.7. The highest BCUT2D eigenvalue weighted by atomic mass is 16.5. The molecule has 3 aromatic heterocycles. The fraction of sp³-hybridized carbons (Fsp3) is 0.348. The maximum atomic E-state index is 13.7. The number of benzene rings is 1. The summed E-state index contributed by atoms with van der Waals surface area (Å²) in [6, 6.07) is 11.8. The van der Waals surface area contributed by atoms with Gasteiger partial charge in [0.05, 0.1) is 12.7 Å². The predicted molar refractivity (Wildman–Crippen MR) is 115 cm³/mol.